The van der Waals surface area contributed by atoms with Gasteiger partial charge < -0.3 is 10.4 Å². The van der Waals surface area contributed by atoms with Crippen LogP contribution in [0.5, 0.6) is 0 Å². The molecule has 2 N–H and O–H groups in total. The summed E-state index contributed by atoms with van der Waals surface area (Å²) in [5.74, 6) is -0.721. The number of nitrogens with one attached hydrogen (secondary N) is 1. The maximum absolute atomic E-state index is 13.7. The molecule has 6 heteroatoms. The number of halogens is 1. The predicted octanol–water partition coefficient (Wildman–Crippen LogP) is 1.84. The minimum Gasteiger partial charge on any atom is -0.392 e. The van der Waals surface area contributed by atoms with Crippen LogP contribution in [0, 0.1) is 21.8 Å². The molecule has 0 aliphatic heterocycles. The van der Waals surface area contributed by atoms with Crippen LogP contribution in [0.1, 0.15) is 19.4 Å². The second-order valence-corrected chi connectivity index (χ2v) is 4.45. The van der Waals surface area contributed by atoms with Gasteiger partial charge in [-0.05, 0) is 5.92 Å². The monoisotopic (exact) mass is 256 g/mol. The van der Waals surface area contributed by atoms with Gasteiger partial charge in [0.2, 0.25) is 5.82 Å². The molecule has 0 saturated heterocycles. The van der Waals surface area contributed by atoms with Crippen molar-refractivity contribution in [2.75, 3.05) is 6.54 Å². The molecule has 0 amide bonds. The summed E-state index contributed by atoms with van der Waals surface area (Å²) in [6, 6.07) is 4.05. The Balaban J connectivity index is 2.63. The molecule has 1 atom stereocenters. The Morgan fingerprint density at radius 1 is 1.50 bits per heavy atom. The smallest absolute Gasteiger partial charge is 0.305 e. The zero-order chi connectivity index (χ0) is 13.7. The van der Waals surface area contributed by atoms with Crippen LogP contribution in [0.25, 0.3) is 0 Å². The van der Waals surface area contributed by atoms with E-state index in [1.54, 1.807) is 0 Å². The summed E-state index contributed by atoms with van der Waals surface area (Å²) < 4.78 is 13.7. The Kier molecular flexibility index (Phi) is 5.18. The van der Waals surface area contributed by atoms with E-state index < -0.39 is 22.5 Å². The maximum Gasteiger partial charge on any atom is 0.305 e. The number of rotatable bonds is 6. The Hall–Kier alpha value is -1.53. The highest BCUT2D eigenvalue weighted by atomic mass is 19.1. The van der Waals surface area contributed by atoms with E-state index in [1.807, 2.05) is 13.8 Å². The molecule has 0 saturated carbocycles. The third-order valence-corrected chi connectivity index (χ3v) is 2.69. The van der Waals surface area contributed by atoms with Crippen molar-refractivity contribution in [1.82, 2.24) is 5.32 Å². The first-order chi connectivity index (χ1) is 8.43. The van der Waals surface area contributed by atoms with Gasteiger partial charge in [0.25, 0.3) is 0 Å². The number of nitro groups is 1. The van der Waals surface area contributed by atoms with Crippen molar-refractivity contribution >= 4 is 5.69 Å². The number of nitrogens with zero attached hydrogens (tertiary/aromatic N) is 1. The number of aliphatic hydroxyl groups is 1. The highest BCUT2D eigenvalue weighted by Crippen LogP contribution is 2.19. The molecular weight excluding hydrogens is 239 g/mol. The maximum atomic E-state index is 13.7. The summed E-state index contributed by atoms with van der Waals surface area (Å²) in [6.45, 7) is 4.22. The molecule has 0 fully saturated rings. The van der Waals surface area contributed by atoms with Gasteiger partial charge in [-0.25, -0.2) is 0 Å². The first kappa shape index (κ1) is 14.5. The molecule has 0 aliphatic carbocycles. The summed E-state index contributed by atoms with van der Waals surface area (Å²) in [4.78, 5) is 9.80. The summed E-state index contributed by atoms with van der Waals surface area (Å²) in [5, 5.41) is 23.0. The number of nitro benzene ring substituents is 1. The van der Waals surface area contributed by atoms with Crippen LogP contribution in [0.3, 0.4) is 0 Å². The minimum absolute atomic E-state index is 0.104. The second-order valence-electron chi connectivity index (χ2n) is 4.45. The third kappa shape index (κ3) is 3.75. The fourth-order valence-corrected chi connectivity index (χ4v) is 1.43. The second kappa shape index (κ2) is 6.42. The molecule has 5 nitrogen and oxygen atoms in total. The lowest BCUT2D eigenvalue weighted by atomic mass is 10.1. The first-order valence-corrected chi connectivity index (χ1v) is 5.74. The van der Waals surface area contributed by atoms with Gasteiger partial charge in [-0.15, -0.1) is 0 Å². The van der Waals surface area contributed by atoms with E-state index in [9.17, 15) is 19.6 Å². The normalized spacial score (nSPS) is 12.7. The number of hydrogen-bond donors (Lipinski definition) is 2. The molecule has 1 rings (SSSR count). The lowest BCUT2D eigenvalue weighted by Crippen LogP contribution is -2.30. The summed E-state index contributed by atoms with van der Waals surface area (Å²) in [6.07, 6.45) is -0.522. The summed E-state index contributed by atoms with van der Waals surface area (Å²) >= 11 is 0. The minimum atomic E-state index is -0.825. The van der Waals surface area contributed by atoms with Crippen molar-refractivity contribution in [2.45, 2.75) is 26.5 Å². The van der Waals surface area contributed by atoms with Crippen molar-refractivity contribution < 1.29 is 14.4 Å². The predicted molar refractivity (Wildman–Crippen MR) is 65.6 cm³/mol. The van der Waals surface area contributed by atoms with Crippen LogP contribution in [-0.2, 0) is 6.54 Å². The van der Waals surface area contributed by atoms with Gasteiger partial charge in [0.1, 0.15) is 0 Å². The Labute approximate surface area is 105 Å². The molecular formula is C12H17FN2O3. The van der Waals surface area contributed by atoms with Gasteiger partial charge in [-0.2, -0.15) is 4.39 Å². The van der Waals surface area contributed by atoms with Crippen LogP contribution < -0.4 is 5.32 Å². The zero-order valence-electron chi connectivity index (χ0n) is 10.4. The summed E-state index contributed by atoms with van der Waals surface area (Å²) in [5.41, 5.74) is -0.307. The topological polar surface area (TPSA) is 75.4 Å². The van der Waals surface area contributed by atoms with Gasteiger partial charge in [0.15, 0.2) is 0 Å². The number of aliphatic hydroxyl groups excluding tert-OH is 1. The van der Waals surface area contributed by atoms with Crippen LogP contribution in [0.15, 0.2) is 18.2 Å². The van der Waals surface area contributed by atoms with E-state index >= 15 is 0 Å². The lowest BCUT2D eigenvalue weighted by molar-refractivity contribution is -0.387. The molecule has 0 spiro atoms. The van der Waals surface area contributed by atoms with Crippen molar-refractivity contribution in [3.05, 3.63) is 39.7 Å². The zero-order valence-corrected chi connectivity index (χ0v) is 10.4. The van der Waals surface area contributed by atoms with Gasteiger partial charge in [-0.3, -0.25) is 10.1 Å². The highest BCUT2D eigenvalue weighted by Gasteiger charge is 2.17. The third-order valence-electron chi connectivity index (χ3n) is 2.69. The fourth-order valence-electron chi connectivity index (χ4n) is 1.43. The first-order valence-electron chi connectivity index (χ1n) is 5.74. The highest BCUT2D eigenvalue weighted by molar-refractivity contribution is 5.36. The van der Waals surface area contributed by atoms with Crippen LogP contribution in [0.4, 0.5) is 10.1 Å². The average molecular weight is 256 g/mol. The number of hydrogen-bond acceptors (Lipinski definition) is 4. The molecule has 0 radical (unpaired) electrons. The van der Waals surface area contributed by atoms with Gasteiger partial charge in [0, 0.05) is 24.7 Å². The molecule has 1 unspecified atom stereocenters. The van der Waals surface area contributed by atoms with E-state index in [2.05, 4.69) is 5.32 Å². The number of benzene rings is 1. The van der Waals surface area contributed by atoms with E-state index in [4.69, 9.17) is 0 Å². The van der Waals surface area contributed by atoms with E-state index in [0.717, 1.165) is 6.07 Å². The van der Waals surface area contributed by atoms with Gasteiger partial charge in [-0.1, -0.05) is 26.0 Å². The molecule has 0 heterocycles. The van der Waals surface area contributed by atoms with Crippen LogP contribution in [0.2, 0.25) is 0 Å². The quantitative estimate of drug-likeness (QED) is 0.601. The van der Waals surface area contributed by atoms with Crippen LogP contribution in [-0.4, -0.2) is 22.7 Å². The van der Waals surface area contributed by atoms with Gasteiger partial charge in [0.05, 0.1) is 11.0 Å². The van der Waals surface area contributed by atoms with Gasteiger partial charge >= 0.3 is 5.69 Å². The van der Waals surface area contributed by atoms with E-state index in [0.29, 0.717) is 6.54 Å². The lowest BCUT2D eigenvalue weighted by Gasteiger charge is -2.15. The van der Waals surface area contributed by atoms with Crippen molar-refractivity contribution in [3.63, 3.8) is 0 Å². The van der Waals surface area contributed by atoms with E-state index in [1.165, 1.54) is 12.1 Å². The molecule has 1 aromatic rings. The standard InChI is InChI=1S/C12H17FN2O3/c1-8(2)11(16)7-14-6-9-4-3-5-10(12(9)13)15(17)18/h3-5,8,11,14,16H,6-7H2,1-2H3. The Morgan fingerprint density at radius 3 is 2.72 bits per heavy atom. The van der Waals surface area contributed by atoms with E-state index in [-0.39, 0.29) is 18.0 Å². The average Bonchev–Trinajstić information content (AvgIpc) is 2.30. The molecule has 0 bridgehead atoms. The SMILES string of the molecule is CC(C)C(O)CNCc1cccc([N+](=O)[O-])c1F. The molecule has 0 aromatic heterocycles. The van der Waals surface area contributed by atoms with Crippen molar-refractivity contribution in [3.8, 4) is 0 Å². The molecule has 18 heavy (non-hydrogen) atoms. The summed E-state index contributed by atoms with van der Waals surface area (Å²) in [7, 11) is 0. The Bertz CT molecular complexity index is 424. The van der Waals surface area contributed by atoms with Crippen molar-refractivity contribution in [2.24, 2.45) is 5.92 Å². The van der Waals surface area contributed by atoms with Crippen LogP contribution >= 0.6 is 0 Å². The largest absolute Gasteiger partial charge is 0.392 e. The molecule has 1 aromatic carbocycles. The fraction of sp³-hybridized carbons (Fsp3) is 0.500. The van der Waals surface area contributed by atoms with Crippen molar-refractivity contribution in [1.29, 1.82) is 0 Å². The molecule has 0 aliphatic rings. The molecule has 100 valence electrons. The Morgan fingerprint density at radius 2 is 2.17 bits per heavy atom.